The predicted octanol–water partition coefficient (Wildman–Crippen LogP) is 5.87. The Balaban J connectivity index is 2.40. The summed E-state index contributed by atoms with van der Waals surface area (Å²) in [7, 11) is 0. The molecule has 168 valence electrons. The van der Waals surface area contributed by atoms with Crippen molar-refractivity contribution in [3.05, 3.63) is 68.7 Å². The lowest BCUT2D eigenvalue weighted by Gasteiger charge is -2.33. The van der Waals surface area contributed by atoms with Gasteiger partial charge in [-0.15, -0.1) is 0 Å². The minimum Gasteiger partial charge on any atom is -0.350 e. The van der Waals surface area contributed by atoms with Gasteiger partial charge in [0, 0.05) is 22.1 Å². The van der Waals surface area contributed by atoms with E-state index in [0.29, 0.717) is 16.5 Å². The van der Waals surface area contributed by atoms with Crippen molar-refractivity contribution in [2.45, 2.75) is 72.5 Å². The van der Waals surface area contributed by atoms with E-state index in [4.69, 9.17) is 23.2 Å². The van der Waals surface area contributed by atoms with Crippen LogP contribution < -0.4 is 5.32 Å². The number of rotatable bonds is 7. The summed E-state index contributed by atoms with van der Waals surface area (Å²) < 4.78 is 0. The van der Waals surface area contributed by atoms with Crippen molar-refractivity contribution >= 4 is 35.0 Å². The molecule has 0 aromatic heterocycles. The average Bonchev–Trinajstić information content (AvgIpc) is 2.64. The molecule has 2 aromatic carbocycles. The highest BCUT2D eigenvalue weighted by Gasteiger charge is 2.31. The topological polar surface area (TPSA) is 49.4 Å². The molecule has 2 rings (SSSR count). The summed E-state index contributed by atoms with van der Waals surface area (Å²) in [6.07, 6.45) is 0.712. The Labute approximate surface area is 195 Å². The molecule has 31 heavy (non-hydrogen) atoms. The van der Waals surface area contributed by atoms with Gasteiger partial charge in [-0.2, -0.15) is 0 Å². The van der Waals surface area contributed by atoms with Gasteiger partial charge in [0.25, 0.3) is 0 Å². The Morgan fingerprint density at radius 2 is 1.71 bits per heavy atom. The van der Waals surface area contributed by atoms with Crippen LogP contribution in [0.3, 0.4) is 0 Å². The molecule has 0 aliphatic rings. The smallest absolute Gasteiger partial charge is 0.243 e. The summed E-state index contributed by atoms with van der Waals surface area (Å²) in [5, 5.41) is 4.01. The first-order chi connectivity index (χ1) is 14.4. The first kappa shape index (κ1) is 25.2. The van der Waals surface area contributed by atoms with Crippen LogP contribution in [0.25, 0.3) is 0 Å². The Hall–Kier alpha value is -2.04. The fourth-order valence-electron chi connectivity index (χ4n) is 3.46. The predicted molar refractivity (Wildman–Crippen MR) is 129 cm³/mol. The lowest BCUT2D eigenvalue weighted by molar-refractivity contribution is -0.141. The van der Waals surface area contributed by atoms with Crippen molar-refractivity contribution < 1.29 is 9.59 Å². The number of amides is 2. The molecule has 4 nitrogen and oxygen atoms in total. The molecule has 2 aromatic rings. The number of halogens is 2. The van der Waals surface area contributed by atoms with Gasteiger partial charge in [0.1, 0.15) is 6.04 Å². The molecule has 0 fully saturated rings. The molecular weight excluding hydrogens is 431 g/mol. The second-order valence-electron chi connectivity index (χ2n) is 9.03. The number of carbonyl (C=O) groups excluding carboxylic acids is 2. The third-order valence-electron chi connectivity index (χ3n) is 5.09. The van der Waals surface area contributed by atoms with Gasteiger partial charge >= 0.3 is 0 Å². The van der Waals surface area contributed by atoms with E-state index < -0.39 is 11.6 Å². The largest absolute Gasteiger partial charge is 0.350 e. The van der Waals surface area contributed by atoms with E-state index in [-0.39, 0.29) is 24.8 Å². The Morgan fingerprint density at radius 1 is 1.03 bits per heavy atom. The van der Waals surface area contributed by atoms with E-state index in [1.54, 1.807) is 23.1 Å². The molecule has 0 heterocycles. The third kappa shape index (κ3) is 7.26. The second kappa shape index (κ2) is 10.5. The van der Waals surface area contributed by atoms with Gasteiger partial charge in [-0.05, 0) is 69.9 Å². The molecule has 6 heteroatoms. The Bertz CT molecular complexity index is 951. The summed E-state index contributed by atoms with van der Waals surface area (Å²) in [5.41, 5.74) is 3.46. The fourth-order valence-corrected chi connectivity index (χ4v) is 3.93. The summed E-state index contributed by atoms with van der Waals surface area (Å²) >= 11 is 12.4. The highest BCUT2D eigenvalue weighted by atomic mass is 35.5. The van der Waals surface area contributed by atoms with Crippen molar-refractivity contribution in [3.8, 4) is 0 Å². The SMILES string of the molecule is CC[C@H](C(=O)NC(C)(C)C)N(Cc1ccc(Cl)cc1Cl)C(=O)Cc1cc(C)ccc1C. The van der Waals surface area contributed by atoms with E-state index in [0.717, 1.165) is 22.3 Å². The molecular formula is C25H32Cl2N2O2. The van der Waals surface area contributed by atoms with Crippen LogP contribution in [0.2, 0.25) is 10.0 Å². The first-order valence-electron chi connectivity index (χ1n) is 10.5. The molecule has 0 saturated carbocycles. The molecule has 0 bridgehead atoms. The number of nitrogens with one attached hydrogen (secondary N) is 1. The van der Waals surface area contributed by atoms with Crippen molar-refractivity contribution in [3.63, 3.8) is 0 Å². The van der Waals surface area contributed by atoms with E-state index >= 15 is 0 Å². The van der Waals surface area contributed by atoms with Gasteiger partial charge in [-0.25, -0.2) is 0 Å². The molecule has 2 amide bonds. The number of carbonyl (C=O) groups is 2. The highest BCUT2D eigenvalue weighted by molar-refractivity contribution is 6.35. The zero-order valence-corrected chi connectivity index (χ0v) is 20.7. The fraction of sp³-hybridized carbons (Fsp3) is 0.440. The van der Waals surface area contributed by atoms with E-state index in [2.05, 4.69) is 5.32 Å². The van der Waals surface area contributed by atoms with Crippen molar-refractivity contribution in [1.29, 1.82) is 0 Å². The van der Waals surface area contributed by atoms with Gasteiger partial charge < -0.3 is 10.2 Å². The molecule has 1 N–H and O–H groups in total. The lowest BCUT2D eigenvalue weighted by atomic mass is 10.0. The zero-order chi connectivity index (χ0) is 23.3. The van der Waals surface area contributed by atoms with Crippen molar-refractivity contribution in [1.82, 2.24) is 10.2 Å². The van der Waals surface area contributed by atoms with Crippen molar-refractivity contribution in [2.75, 3.05) is 0 Å². The molecule has 0 saturated heterocycles. The third-order valence-corrected chi connectivity index (χ3v) is 5.67. The Morgan fingerprint density at radius 3 is 2.29 bits per heavy atom. The van der Waals surface area contributed by atoms with Gasteiger partial charge in [0.15, 0.2) is 0 Å². The molecule has 0 aliphatic heterocycles. The zero-order valence-electron chi connectivity index (χ0n) is 19.2. The van der Waals surface area contributed by atoms with Gasteiger partial charge in [0.2, 0.25) is 11.8 Å². The second-order valence-corrected chi connectivity index (χ2v) is 9.87. The standard InChI is InChI=1S/C25H32Cl2N2O2/c1-7-22(24(31)28-25(4,5)6)29(15-18-10-11-20(26)14-21(18)27)23(30)13-19-12-16(2)8-9-17(19)3/h8-12,14,22H,7,13,15H2,1-6H3,(H,28,31)/t22-/m1/s1. The van der Waals surface area contributed by atoms with Gasteiger partial charge in [0.05, 0.1) is 6.42 Å². The van der Waals surface area contributed by atoms with E-state index in [9.17, 15) is 9.59 Å². The number of hydrogen-bond acceptors (Lipinski definition) is 2. The number of nitrogens with zero attached hydrogens (tertiary/aromatic N) is 1. The molecule has 0 aliphatic carbocycles. The van der Waals surface area contributed by atoms with Crippen LogP contribution in [0, 0.1) is 13.8 Å². The lowest BCUT2D eigenvalue weighted by Crippen LogP contribution is -2.53. The average molecular weight is 463 g/mol. The number of benzene rings is 2. The van der Waals surface area contributed by atoms with E-state index in [1.165, 1.54) is 0 Å². The summed E-state index contributed by atoms with van der Waals surface area (Å²) in [6, 6.07) is 10.7. The monoisotopic (exact) mass is 462 g/mol. The summed E-state index contributed by atoms with van der Waals surface area (Å²) in [6.45, 7) is 11.9. The maximum absolute atomic E-state index is 13.5. The van der Waals surface area contributed by atoms with Crippen LogP contribution in [0.4, 0.5) is 0 Å². The number of hydrogen-bond donors (Lipinski definition) is 1. The van der Waals surface area contributed by atoms with Crippen LogP contribution in [-0.2, 0) is 22.6 Å². The number of aryl methyl sites for hydroxylation is 2. The van der Waals surface area contributed by atoms with Crippen molar-refractivity contribution in [2.24, 2.45) is 0 Å². The Kier molecular flexibility index (Phi) is 8.56. The quantitative estimate of drug-likeness (QED) is 0.558. The molecule has 0 radical (unpaired) electrons. The summed E-state index contributed by atoms with van der Waals surface area (Å²) in [4.78, 5) is 28.2. The minimum absolute atomic E-state index is 0.115. The van der Waals surface area contributed by atoms with Gasteiger partial charge in [-0.1, -0.05) is 60.0 Å². The van der Waals surface area contributed by atoms with Crippen LogP contribution in [0.1, 0.15) is 56.4 Å². The van der Waals surface area contributed by atoms with Gasteiger partial charge in [-0.3, -0.25) is 9.59 Å². The van der Waals surface area contributed by atoms with Crippen LogP contribution in [-0.4, -0.2) is 28.3 Å². The molecule has 0 unspecified atom stereocenters. The van der Waals surface area contributed by atoms with Crippen LogP contribution in [0.5, 0.6) is 0 Å². The van der Waals surface area contributed by atoms with Crippen LogP contribution in [0.15, 0.2) is 36.4 Å². The highest BCUT2D eigenvalue weighted by Crippen LogP contribution is 2.25. The maximum atomic E-state index is 13.5. The molecule has 0 spiro atoms. The first-order valence-corrected chi connectivity index (χ1v) is 11.3. The summed E-state index contributed by atoms with van der Waals surface area (Å²) in [5.74, 6) is -0.287. The van der Waals surface area contributed by atoms with Crippen LogP contribution >= 0.6 is 23.2 Å². The minimum atomic E-state index is -0.608. The molecule has 1 atom stereocenters. The van der Waals surface area contributed by atoms with E-state index in [1.807, 2.05) is 59.7 Å². The maximum Gasteiger partial charge on any atom is 0.243 e. The normalized spacial score (nSPS) is 12.4.